The number of rotatable bonds is 5. The van der Waals surface area contributed by atoms with Crippen LogP contribution in [0.3, 0.4) is 0 Å². The molecule has 1 fully saturated rings. The molecule has 1 aromatic rings. The molecular weight excluding hydrogens is 224 g/mol. The number of aliphatic hydroxyl groups is 1. The van der Waals surface area contributed by atoms with Gasteiger partial charge in [-0.25, -0.2) is 0 Å². The highest BCUT2D eigenvalue weighted by atomic mass is 16.3. The van der Waals surface area contributed by atoms with Crippen molar-refractivity contribution in [2.75, 3.05) is 24.6 Å². The fourth-order valence-corrected chi connectivity index (χ4v) is 2.58. The van der Waals surface area contributed by atoms with E-state index in [-0.39, 0.29) is 12.6 Å². The number of nitrogens with zero attached hydrogens (tertiary/aromatic N) is 1. The summed E-state index contributed by atoms with van der Waals surface area (Å²) in [4.78, 5) is 2.44. The van der Waals surface area contributed by atoms with E-state index in [0.29, 0.717) is 6.04 Å². The predicted octanol–water partition coefficient (Wildman–Crippen LogP) is 2.02. The van der Waals surface area contributed by atoms with Gasteiger partial charge in [0.15, 0.2) is 0 Å². The smallest absolute Gasteiger partial charge is 0.0584 e. The Balaban J connectivity index is 1.81. The number of nitrogens with one attached hydrogen (secondary N) is 1. The van der Waals surface area contributed by atoms with E-state index in [0.717, 1.165) is 32.4 Å². The predicted molar refractivity (Wildman–Crippen MR) is 76.0 cm³/mol. The van der Waals surface area contributed by atoms with Gasteiger partial charge in [-0.1, -0.05) is 25.1 Å². The Morgan fingerprint density at radius 1 is 1.28 bits per heavy atom. The van der Waals surface area contributed by atoms with Crippen LogP contribution >= 0.6 is 0 Å². The van der Waals surface area contributed by atoms with E-state index in [1.165, 1.54) is 5.69 Å². The molecule has 1 atom stereocenters. The normalized spacial score (nSPS) is 18.9. The standard InChI is InChI=1S/C15H24N2O/c1-2-13(12-18)16-14-8-10-17(11-9-14)15-6-4-3-5-7-15/h3-7,13-14,16,18H,2,8-12H2,1H3/t13-/m1/s1. The Kier molecular flexibility index (Phi) is 5.02. The lowest BCUT2D eigenvalue weighted by atomic mass is 10.0. The molecule has 3 heteroatoms. The first-order chi connectivity index (χ1) is 8.83. The summed E-state index contributed by atoms with van der Waals surface area (Å²) in [5, 5.41) is 12.8. The number of hydrogen-bond acceptors (Lipinski definition) is 3. The zero-order chi connectivity index (χ0) is 12.8. The first kappa shape index (κ1) is 13.4. The van der Waals surface area contributed by atoms with Crippen LogP contribution in [0.4, 0.5) is 5.69 Å². The van der Waals surface area contributed by atoms with Crippen molar-refractivity contribution in [1.29, 1.82) is 0 Å². The van der Waals surface area contributed by atoms with Gasteiger partial charge in [0, 0.05) is 30.9 Å². The van der Waals surface area contributed by atoms with E-state index in [2.05, 4.69) is 47.5 Å². The summed E-state index contributed by atoms with van der Waals surface area (Å²) in [6.07, 6.45) is 3.31. The minimum absolute atomic E-state index is 0.245. The lowest BCUT2D eigenvalue weighted by Crippen LogP contribution is -2.47. The van der Waals surface area contributed by atoms with Gasteiger partial charge in [-0.2, -0.15) is 0 Å². The summed E-state index contributed by atoms with van der Waals surface area (Å²) in [7, 11) is 0. The summed E-state index contributed by atoms with van der Waals surface area (Å²) in [5.74, 6) is 0. The second-order valence-corrected chi connectivity index (χ2v) is 5.05. The first-order valence-electron chi connectivity index (χ1n) is 7.00. The van der Waals surface area contributed by atoms with Crippen molar-refractivity contribution in [3.63, 3.8) is 0 Å². The van der Waals surface area contributed by atoms with E-state index in [9.17, 15) is 5.11 Å². The topological polar surface area (TPSA) is 35.5 Å². The van der Waals surface area contributed by atoms with Crippen LogP contribution in [-0.4, -0.2) is 36.9 Å². The Hall–Kier alpha value is -1.06. The maximum Gasteiger partial charge on any atom is 0.0584 e. The van der Waals surface area contributed by atoms with E-state index >= 15 is 0 Å². The number of piperidine rings is 1. The van der Waals surface area contributed by atoms with Gasteiger partial charge >= 0.3 is 0 Å². The molecule has 100 valence electrons. The Morgan fingerprint density at radius 2 is 1.94 bits per heavy atom. The molecule has 1 aliphatic rings. The Labute approximate surface area is 110 Å². The summed E-state index contributed by atoms with van der Waals surface area (Å²) in [6.45, 7) is 4.56. The Bertz CT molecular complexity index is 330. The van der Waals surface area contributed by atoms with Gasteiger partial charge < -0.3 is 15.3 Å². The molecule has 0 amide bonds. The van der Waals surface area contributed by atoms with Gasteiger partial charge in [0.05, 0.1) is 6.61 Å². The lowest BCUT2D eigenvalue weighted by molar-refractivity contribution is 0.220. The molecule has 1 aliphatic heterocycles. The fraction of sp³-hybridized carbons (Fsp3) is 0.600. The van der Waals surface area contributed by atoms with Crippen LogP contribution in [-0.2, 0) is 0 Å². The molecule has 1 heterocycles. The number of para-hydroxylation sites is 1. The molecule has 2 rings (SSSR count). The summed E-state index contributed by atoms with van der Waals surface area (Å²) >= 11 is 0. The third-order valence-electron chi connectivity index (χ3n) is 3.80. The molecule has 0 aliphatic carbocycles. The minimum atomic E-state index is 0.245. The first-order valence-corrected chi connectivity index (χ1v) is 7.00. The second kappa shape index (κ2) is 6.76. The van der Waals surface area contributed by atoms with Crippen molar-refractivity contribution in [1.82, 2.24) is 5.32 Å². The molecule has 0 saturated carbocycles. The zero-order valence-corrected chi connectivity index (χ0v) is 11.2. The van der Waals surface area contributed by atoms with Crippen molar-refractivity contribution in [2.24, 2.45) is 0 Å². The zero-order valence-electron chi connectivity index (χ0n) is 11.2. The van der Waals surface area contributed by atoms with E-state index < -0.39 is 0 Å². The van der Waals surface area contributed by atoms with Gasteiger partial charge in [0.25, 0.3) is 0 Å². The molecule has 0 bridgehead atoms. The van der Waals surface area contributed by atoms with Crippen molar-refractivity contribution in [3.8, 4) is 0 Å². The largest absolute Gasteiger partial charge is 0.395 e. The maximum atomic E-state index is 9.21. The average Bonchev–Trinajstić information content (AvgIpc) is 2.46. The van der Waals surface area contributed by atoms with Crippen molar-refractivity contribution in [3.05, 3.63) is 30.3 Å². The van der Waals surface area contributed by atoms with Crippen molar-refractivity contribution >= 4 is 5.69 Å². The Morgan fingerprint density at radius 3 is 2.50 bits per heavy atom. The third kappa shape index (κ3) is 3.47. The summed E-state index contributed by atoms with van der Waals surface area (Å²) in [5.41, 5.74) is 1.32. The minimum Gasteiger partial charge on any atom is -0.395 e. The average molecular weight is 248 g/mol. The molecule has 3 nitrogen and oxygen atoms in total. The molecule has 0 spiro atoms. The van der Waals surface area contributed by atoms with Crippen molar-refractivity contribution in [2.45, 2.75) is 38.3 Å². The molecule has 2 N–H and O–H groups in total. The third-order valence-corrected chi connectivity index (χ3v) is 3.80. The van der Waals surface area contributed by atoms with Crippen LogP contribution in [0.2, 0.25) is 0 Å². The molecule has 1 aromatic carbocycles. The van der Waals surface area contributed by atoms with Crippen LogP contribution in [0, 0.1) is 0 Å². The highest BCUT2D eigenvalue weighted by molar-refractivity contribution is 5.46. The van der Waals surface area contributed by atoms with Crippen LogP contribution in [0.1, 0.15) is 26.2 Å². The molecule has 0 aromatic heterocycles. The lowest BCUT2D eigenvalue weighted by Gasteiger charge is -2.35. The molecule has 0 radical (unpaired) electrons. The number of benzene rings is 1. The molecular formula is C15H24N2O. The number of aliphatic hydroxyl groups excluding tert-OH is 1. The van der Waals surface area contributed by atoms with Crippen LogP contribution in [0.5, 0.6) is 0 Å². The van der Waals surface area contributed by atoms with E-state index in [1.54, 1.807) is 0 Å². The van der Waals surface area contributed by atoms with Gasteiger partial charge in [-0.15, -0.1) is 0 Å². The van der Waals surface area contributed by atoms with Crippen LogP contribution < -0.4 is 10.2 Å². The van der Waals surface area contributed by atoms with Gasteiger partial charge in [0.1, 0.15) is 0 Å². The summed E-state index contributed by atoms with van der Waals surface area (Å²) < 4.78 is 0. The highest BCUT2D eigenvalue weighted by Gasteiger charge is 2.20. The van der Waals surface area contributed by atoms with Gasteiger partial charge in [-0.05, 0) is 31.4 Å². The maximum absolute atomic E-state index is 9.21. The quantitative estimate of drug-likeness (QED) is 0.837. The molecule has 0 unspecified atom stereocenters. The fourth-order valence-electron chi connectivity index (χ4n) is 2.58. The SMILES string of the molecule is CC[C@H](CO)NC1CCN(c2ccccc2)CC1. The molecule has 18 heavy (non-hydrogen) atoms. The second-order valence-electron chi connectivity index (χ2n) is 5.05. The van der Waals surface area contributed by atoms with Gasteiger partial charge in [0.2, 0.25) is 0 Å². The monoisotopic (exact) mass is 248 g/mol. The number of hydrogen-bond donors (Lipinski definition) is 2. The van der Waals surface area contributed by atoms with Gasteiger partial charge in [-0.3, -0.25) is 0 Å². The van der Waals surface area contributed by atoms with Crippen LogP contribution in [0.15, 0.2) is 30.3 Å². The number of anilines is 1. The van der Waals surface area contributed by atoms with E-state index in [1.807, 2.05) is 0 Å². The molecule has 1 saturated heterocycles. The van der Waals surface area contributed by atoms with Crippen molar-refractivity contribution < 1.29 is 5.11 Å². The van der Waals surface area contributed by atoms with Crippen LogP contribution in [0.25, 0.3) is 0 Å². The van der Waals surface area contributed by atoms with E-state index in [4.69, 9.17) is 0 Å². The summed E-state index contributed by atoms with van der Waals surface area (Å²) in [6, 6.07) is 11.4. The highest BCUT2D eigenvalue weighted by Crippen LogP contribution is 2.19.